The van der Waals surface area contributed by atoms with Crippen LogP contribution in [0.15, 0.2) is 57.5 Å². The molecule has 0 aromatic heterocycles. The lowest BCUT2D eigenvalue weighted by Crippen LogP contribution is -2.23. The van der Waals surface area contributed by atoms with Gasteiger partial charge in [0, 0.05) is 19.6 Å². The van der Waals surface area contributed by atoms with E-state index in [1.165, 1.54) is 0 Å². The van der Waals surface area contributed by atoms with Crippen molar-refractivity contribution in [2.24, 2.45) is 0 Å². The molecule has 2 aromatic carbocycles. The number of rotatable bonds is 6. The van der Waals surface area contributed by atoms with E-state index in [9.17, 15) is 4.79 Å². The second-order valence-electron chi connectivity index (χ2n) is 4.93. The van der Waals surface area contributed by atoms with Crippen LogP contribution in [0, 0.1) is 0 Å². The highest BCUT2D eigenvalue weighted by molar-refractivity contribution is 9.11. The molecule has 0 N–H and O–H groups in total. The van der Waals surface area contributed by atoms with Gasteiger partial charge in [0.1, 0.15) is 5.78 Å². The van der Waals surface area contributed by atoms with Crippen molar-refractivity contribution >= 4 is 69.5 Å². The van der Waals surface area contributed by atoms with E-state index in [1.54, 1.807) is 0 Å². The molecule has 116 valence electrons. The maximum absolute atomic E-state index is 13.0. The van der Waals surface area contributed by atoms with Crippen LogP contribution in [0.3, 0.4) is 0 Å². The Morgan fingerprint density at radius 3 is 1.55 bits per heavy atom. The number of benzene rings is 2. The second-order valence-corrected chi connectivity index (χ2v) is 8.05. The first-order chi connectivity index (χ1) is 10.6. The number of hydrogen-bond donors (Lipinski definition) is 0. The SMILES string of the molecule is O=C(C(CBr)c1cccc(Br)c1)C(CBr)c1cccc(Br)c1. The van der Waals surface area contributed by atoms with Gasteiger partial charge in [0.15, 0.2) is 0 Å². The first-order valence-electron chi connectivity index (χ1n) is 6.73. The topological polar surface area (TPSA) is 17.1 Å². The van der Waals surface area contributed by atoms with Crippen LogP contribution in [-0.2, 0) is 4.79 Å². The summed E-state index contributed by atoms with van der Waals surface area (Å²) in [5.74, 6) is -0.122. The molecule has 0 spiro atoms. The summed E-state index contributed by atoms with van der Waals surface area (Å²) >= 11 is 14.0. The second kappa shape index (κ2) is 8.76. The molecule has 0 radical (unpaired) electrons. The van der Waals surface area contributed by atoms with E-state index in [2.05, 4.69) is 63.7 Å². The summed E-state index contributed by atoms with van der Waals surface area (Å²) in [6.45, 7) is 0. The number of alkyl halides is 2. The van der Waals surface area contributed by atoms with E-state index in [0.29, 0.717) is 10.7 Å². The normalized spacial score (nSPS) is 13.6. The smallest absolute Gasteiger partial charge is 0.149 e. The summed E-state index contributed by atoms with van der Waals surface area (Å²) in [4.78, 5) is 13.0. The minimum atomic E-state index is -0.168. The average molecular weight is 554 g/mol. The van der Waals surface area contributed by atoms with Crippen LogP contribution >= 0.6 is 63.7 Å². The minimum absolute atomic E-state index is 0.168. The fraction of sp³-hybridized carbons (Fsp3) is 0.235. The summed E-state index contributed by atoms with van der Waals surface area (Å²) in [6.07, 6.45) is 0. The first-order valence-corrected chi connectivity index (χ1v) is 10.6. The third-order valence-corrected chi connectivity index (χ3v) is 5.78. The first kappa shape index (κ1) is 18.4. The summed E-state index contributed by atoms with van der Waals surface area (Å²) in [5.41, 5.74) is 2.05. The van der Waals surface area contributed by atoms with Crippen molar-refractivity contribution < 1.29 is 4.79 Å². The lowest BCUT2D eigenvalue weighted by atomic mass is 9.86. The van der Waals surface area contributed by atoms with Gasteiger partial charge in [0.25, 0.3) is 0 Å². The zero-order valence-corrected chi connectivity index (χ0v) is 18.0. The van der Waals surface area contributed by atoms with Gasteiger partial charge in [0.05, 0.1) is 11.8 Å². The lowest BCUT2D eigenvalue weighted by Gasteiger charge is -2.21. The Bertz CT molecular complexity index is 601. The fourth-order valence-corrected chi connectivity index (χ4v) is 4.57. The molecule has 1 nitrogen and oxygen atoms in total. The maximum atomic E-state index is 13.0. The van der Waals surface area contributed by atoms with Gasteiger partial charge in [-0.2, -0.15) is 0 Å². The third-order valence-electron chi connectivity index (χ3n) is 3.50. The predicted octanol–water partition coefficient (Wildman–Crippen LogP) is 6.44. The van der Waals surface area contributed by atoms with Crippen LogP contribution in [0.4, 0.5) is 0 Å². The van der Waals surface area contributed by atoms with Crippen molar-refractivity contribution in [3.63, 3.8) is 0 Å². The number of Topliss-reactive ketones (excluding diaryl/α,β-unsaturated/α-hetero) is 1. The molecule has 2 rings (SSSR count). The quantitative estimate of drug-likeness (QED) is 0.376. The van der Waals surface area contributed by atoms with Crippen LogP contribution in [0.2, 0.25) is 0 Å². The monoisotopic (exact) mass is 550 g/mol. The number of carbonyl (C=O) groups excluding carboxylic acids is 1. The van der Waals surface area contributed by atoms with Gasteiger partial charge in [-0.15, -0.1) is 0 Å². The zero-order chi connectivity index (χ0) is 16.1. The van der Waals surface area contributed by atoms with Gasteiger partial charge in [-0.05, 0) is 35.4 Å². The van der Waals surface area contributed by atoms with E-state index in [1.807, 2.05) is 48.5 Å². The van der Waals surface area contributed by atoms with Gasteiger partial charge in [0.2, 0.25) is 0 Å². The molecule has 0 aliphatic rings. The van der Waals surface area contributed by atoms with Crippen LogP contribution in [0.5, 0.6) is 0 Å². The van der Waals surface area contributed by atoms with Crippen LogP contribution in [-0.4, -0.2) is 16.4 Å². The molecule has 22 heavy (non-hydrogen) atoms. The molecule has 0 heterocycles. The van der Waals surface area contributed by atoms with E-state index >= 15 is 0 Å². The molecule has 2 atom stereocenters. The summed E-state index contributed by atoms with van der Waals surface area (Å²) in [6, 6.07) is 15.9. The van der Waals surface area contributed by atoms with E-state index < -0.39 is 0 Å². The molecule has 0 aliphatic heterocycles. The molecule has 0 saturated heterocycles. The standard InChI is InChI=1S/C17H14Br4O/c18-9-15(11-3-1-5-13(20)7-11)17(22)16(10-19)12-4-2-6-14(21)8-12/h1-8,15-16H,9-10H2. The Kier molecular flexibility index (Phi) is 7.32. The Morgan fingerprint density at radius 1 is 0.818 bits per heavy atom. The Hall–Kier alpha value is 0.0300. The Morgan fingerprint density at radius 2 is 1.23 bits per heavy atom. The van der Waals surface area contributed by atoms with Crippen molar-refractivity contribution in [1.29, 1.82) is 0 Å². The van der Waals surface area contributed by atoms with Crippen molar-refractivity contribution in [3.05, 3.63) is 68.6 Å². The molecule has 0 bridgehead atoms. The highest BCUT2D eigenvalue weighted by atomic mass is 79.9. The molecule has 0 amide bonds. The Labute approximate surface area is 164 Å². The van der Waals surface area contributed by atoms with Gasteiger partial charge in [-0.25, -0.2) is 0 Å². The molecule has 2 unspecified atom stereocenters. The van der Waals surface area contributed by atoms with Gasteiger partial charge in [-0.3, -0.25) is 4.79 Å². The third kappa shape index (κ3) is 4.53. The molecule has 0 fully saturated rings. The lowest BCUT2D eigenvalue weighted by molar-refractivity contribution is -0.121. The number of carbonyl (C=O) groups is 1. The van der Waals surface area contributed by atoms with Crippen molar-refractivity contribution in [3.8, 4) is 0 Å². The van der Waals surface area contributed by atoms with Crippen LogP contribution in [0.25, 0.3) is 0 Å². The maximum Gasteiger partial charge on any atom is 0.149 e. The number of hydrogen-bond acceptors (Lipinski definition) is 1. The highest BCUT2D eigenvalue weighted by Gasteiger charge is 2.28. The number of halogens is 4. The zero-order valence-electron chi connectivity index (χ0n) is 11.6. The summed E-state index contributed by atoms with van der Waals surface area (Å²) in [5, 5.41) is 1.22. The predicted molar refractivity (Wildman–Crippen MR) is 106 cm³/mol. The highest BCUT2D eigenvalue weighted by Crippen LogP contribution is 2.31. The van der Waals surface area contributed by atoms with Crippen LogP contribution in [0.1, 0.15) is 23.0 Å². The molecular weight excluding hydrogens is 540 g/mol. The average Bonchev–Trinajstić information content (AvgIpc) is 2.49. The molecule has 0 saturated carbocycles. The van der Waals surface area contributed by atoms with Gasteiger partial charge >= 0.3 is 0 Å². The van der Waals surface area contributed by atoms with Gasteiger partial charge in [-0.1, -0.05) is 88.0 Å². The van der Waals surface area contributed by atoms with E-state index in [4.69, 9.17) is 0 Å². The summed E-state index contributed by atoms with van der Waals surface area (Å²) in [7, 11) is 0. The van der Waals surface area contributed by atoms with Gasteiger partial charge < -0.3 is 0 Å². The molecule has 5 heteroatoms. The fourth-order valence-electron chi connectivity index (χ4n) is 2.35. The summed E-state index contributed by atoms with van der Waals surface area (Å²) < 4.78 is 1.98. The molecule has 0 aliphatic carbocycles. The number of ketones is 1. The minimum Gasteiger partial charge on any atom is -0.298 e. The van der Waals surface area contributed by atoms with Crippen molar-refractivity contribution in [1.82, 2.24) is 0 Å². The van der Waals surface area contributed by atoms with Crippen LogP contribution < -0.4 is 0 Å². The molecular formula is C17H14Br4O. The largest absolute Gasteiger partial charge is 0.298 e. The van der Waals surface area contributed by atoms with E-state index in [0.717, 1.165) is 20.1 Å². The van der Waals surface area contributed by atoms with E-state index in [-0.39, 0.29) is 17.6 Å². The van der Waals surface area contributed by atoms with Crippen molar-refractivity contribution in [2.75, 3.05) is 10.7 Å². The Balaban J connectivity index is 2.33. The van der Waals surface area contributed by atoms with Crippen molar-refractivity contribution in [2.45, 2.75) is 11.8 Å². The molecule has 2 aromatic rings.